The SMILES string of the molecule is CC1CC(C(=O)Nc2ccc(N)c(C(F)(F)F)c2)CO1. The molecule has 110 valence electrons. The highest BCUT2D eigenvalue weighted by molar-refractivity contribution is 5.93. The van der Waals surface area contributed by atoms with Gasteiger partial charge in [-0.2, -0.15) is 13.2 Å². The number of halogens is 3. The Bertz CT molecular complexity index is 517. The largest absolute Gasteiger partial charge is 0.418 e. The van der Waals surface area contributed by atoms with Crippen LogP contribution < -0.4 is 11.1 Å². The second-order valence-electron chi connectivity index (χ2n) is 4.87. The number of carbonyl (C=O) groups excluding carboxylic acids is 1. The van der Waals surface area contributed by atoms with Gasteiger partial charge in [-0.1, -0.05) is 0 Å². The number of amides is 1. The molecule has 2 rings (SSSR count). The Kier molecular flexibility index (Phi) is 3.89. The van der Waals surface area contributed by atoms with Crippen molar-refractivity contribution in [2.45, 2.75) is 25.6 Å². The van der Waals surface area contributed by atoms with Gasteiger partial charge in [-0.15, -0.1) is 0 Å². The molecule has 0 spiro atoms. The molecule has 1 heterocycles. The molecule has 0 bridgehead atoms. The van der Waals surface area contributed by atoms with Crippen molar-refractivity contribution in [3.63, 3.8) is 0 Å². The number of hydrogen-bond acceptors (Lipinski definition) is 3. The second-order valence-corrected chi connectivity index (χ2v) is 4.87. The summed E-state index contributed by atoms with van der Waals surface area (Å²) in [7, 11) is 0. The molecule has 1 aromatic carbocycles. The van der Waals surface area contributed by atoms with Crippen LogP contribution in [0.2, 0.25) is 0 Å². The predicted octanol–water partition coefficient (Wildman–Crippen LogP) is 2.65. The molecule has 1 aliphatic heterocycles. The standard InChI is InChI=1S/C13H15F3N2O2/c1-7-4-8(6-20-7)12(19)18-9-2-3-11(17)10(5-9)13(14,15)16/h2-3,5,7-8H,4,6,17H2,1H3,(H,18,19). The van der Waals surface area contributed by atoms with Crippen LogP contribution in [-0.4, -0.2) is 18.6 Å². The summed E-state index contributed by atoms with van der Waals surface area (Å²) in [6.45, 7) is 2.13. The number of nitrogens with two attached hydrogens (primary N) is 1. The summed E-state index contributed by atoms with van der Waals surface area (Å²) in [6.07, 6.45) is -3.99. The zero-order chi connectivity index (χ0) is 14.9. The maximum atomic E-state index is 12.7. The molecule has 7 heteroatoms. The third-order valence-electron chi connectivity index (χ3n) is 3.20. The number of carbonyl (C=O) groups is 1. The molecule has 2 unspecified atom stereocenters. The number of rotatable bonds is 2. The summed E-state index contributed by atoms with van der Waals surface area (Å²) >= 11 is 0. The van der Waals surface area contributed by atoms with Crippen LogP contribution in [0.1, 0.15) is 18.9 Å². The van der Waals surface area contributed by atoms with E-state index in [9.17, 15) is 18.0 Å². The first-order valence-electron chi connectivity index (χ1n) is 6.16. The van der Waals surface area contributed by atoms with Crippen molar-refractivity contribution in [2.24, 2.45) is 5.92 Å². The summed E-state index contributed by atoms with van der Waals surface area (Å²) in [6, 6.07) is 3.32. The molecule has 0 aromatic heterocycles. The van der Waals surface area contributed by atoms with Crippen LogP contribution in [0.5, 0.6) is 0 Å². The highest BCUT2D eigenvalue weighted by atomic mass is 19.4. The summed E-state index contributed by atoms with van der Waals surface area (Å²) in [4.78, 5) is 11.9. The fourth-order valence-electron chi connectivity index (χ4n) is 2.12. The molecule has 0 aliphatic carbocycles. The molecule has 1 amide bonds. The van der Waals surface area contributed by atoms with E-state index in [0.29, 0.717) is 6.42 Å². The molecule has 1 aliphatic rings. The summed E-state index contributed by atoms with van der Waals surface area (Å²) in [5.41, 5.74) is 4.05. The minimum atomic E-state index is -4.55. The number of nitrogens with one attached hydrogen (secondary N) is 1. The molecule has 0 radical (unpaired) electrons. The number of hydrogen-bond donors (Lipinski definition) is 2. The van der Waals surface area contributed by atoms with Crippen LogP contribution in [0.25, 0.3) is 0 Å². The van der Waals surface area contributed by atoms with E-state index in [0.717, 1.165) is 12.1 Å². The van der Waals surface area contributed by atoms with Crippen molar-refractivity contribution in [3.8, 4) is 0 Å². The van der Waals surface area contributed by atoms with Crippen molar-refractivity contribution < 1.29 is 22.7 Å². The fourth-order valence-corrected chi connectivity index (χ4v) is 2.12. The second kappa shape index (κ2) is 5.32. The molecular formula is C13H15F3N2O2. The quantitative estimate of drug-likeness (QED) is 0.822. The predicted molar refractivity (Wildman–Crippen MR) is 68.0 cm³/mol. The number of anilines is 2. The molecule has 4 nitrogen and oxygen atoms in total. The van der Waals surface area contributed by atoms with E-state index in [1.165, 1.54) is 6.07 Å². The van der Waals surface area contributed by atoms with E-state index in [1.54, 1.807) is 0 Å². The lowest BCUT2D eigenvalue weighted by Crippen LogP contribution is -2.23. The fraction of sp³-hybridized carbons (Fsp3) is 0.462. The van der Waals surface area contributed by atoms with E-state index in [1.807, 2.05) is 6.92 Å². The Morgan fingerprint density at radius 1 is 1.45 bits per heavy atom. The Hall–Kier alpha value is -1.76. The van der Waals surface area contributed by atoms with Crippen molar-refractivity contribution in [1.82, 2.24) is 0 Å². The van der Waals surface area contributed by atoms with Gasteiger partial charge in [-0.25, -0.2) is 0 Å². The van der Waals surface area contributed by atoms with Gasteiger partial charge in [0.05, 0.1) is 24.2 Å². The molecule has 1 saturated heterocycles. The van der Waals surface area contributed by atoms with E-state index < -0.39 is 11.7 Å². The third-order valence-corrected chi connectivity index (χ3v) is 3.20. The van der Waals surface area contributed by atoms with Crippen molar-refractivity contribution in [3.05, 3.63) is 23.8 Å². The van der Waals surface area contributed by atoms with Crippen molar-refractivity contribution in [2.75, 3.05) is 17.7 Å². The molecule has 1 fully saturated rings. The van der Waals surface area contributed by atoms with E-state index in [-0.39, 0.29) is 35.9 Å². The normalized spacial score (nSPS) is 22.8. The van der Waals surface area contributed by atoms with Gasteiger partial charge in [0.15, 0.2) is 0 Å². The van der Waals surface area contributed by atoms with Gasteiger partial charge in [0.25, 0.3) is 0 Å². The molecule has 20 heavy (non-hydrogen) atoms. The van der Waals surface area contributed by atoms with Gasteiger partial charge in [-0.05, 0) is 31.5 Å². The zero-order valence-electron chi connectivity index (χ0n) is 10.8. The topological polar surface area (TPSA) is 64.4 Å². The average Bonchev–Trinajstić information content (AvgIpc) is 2.77. The van der Waals surface area contributed by atoms with Crippen LogP contribution >= 0.6 is 0 Å². The lowest BCUT2D eigenvalue weighted by atomic mass is 10.1. The minimum absolute atomic E-state index is 0.0112. The smallest absolute Gasteiger partial charge is 0.398 e. The van der Waals surface area contributed by atoms with Gasteiger partial charge < -0.3 is 15.8 Å². The monoisotopic (exact) mass is 288 g/mol. The van der Waals surface area contributed by atoms with Gasteiger partial charge in [0.1, 0.15) is 0 Å². The van der Waals surface area contributed by atoms with Gasteiger partial charge in [0, 0.05) is 11.4 Å². The van der Waals surface area contributed by atoms with Gasteiger partial charge >= 0.3 is 6.18 Å². The highest BCUT2D eigenvalue weighted by Crippen LogP contribution is 2.35. The summed E-state index contributed by atoms with van der Waals surface area (Å²) in [5.74, 6) is -0.677. The van der Waals surface area contributed by atoms with E-state index in [2.05, 4.69) is 5.32 Å². The van der Waals surface area contributed by atoms with Crippen molar-refractivity contribution >= 4 is 17.3 Å². The number of ether oxygens (including phenoxy) is 1. The summed E-state index contributed by atoms with van der Waals surface area (Å²) < 4.78 is 43.4. The van der Waals surface area contributed by atoms with Crippen LogP contribution in [0, 0.1) is 5.92 Å². The van der Waals surface area contributed by atoms with Crippen LogP contribution in [0.3, 0.4) is 0 Å². The number of benzene rings is 1. The van der Waals surface area contributed by atoms with Gasteiger partial charge in [0.2, 0.25) is 5.91 Å². The number of nitrogen functional groups attached to an aromatic ring is 1. The van der Waals surface area contributed by atoms with E-state index in [4.69, 9.17) is 10.5 Å². The first kappa shape index (κ1) is 14.6. The Morgan fingerprint density at radius 3 is 2.70 bits per heavy atom. The maximum absolute atomic E-state index is 12.7. The first-order valence-corrected chi connectivity index (χ1v) is 6.16. The molecule has 0 saturated carbocycles. The lowest BCUT2D eigenvalue weighted by Gasteiger charge is -2.14. The Labute approximate surface area is 114 Å². The summed E-state index contributed by atoms with van der Waals surface area (Å²) in [5, 5.41) is 2.47. The number of alkyl halides is 3. The van der Waals surface area contributed by atoms with Crippen LogP contribution in [0.15, 0.2) is 18.2 Å². The Balaban J connectivity index is 2.12. The average molecular weight is 288 g/mol. The molecule has 3 N–H and O–H groups in total. The molecule has 2 atom stereocenters. The minimum Gasteiger partial charge on any atom is -0.398 e. The van der Waals surface area contributed by atoms with Gasteiger partial charge in [-0.3, -0.25) is 4.79 Å². The van der Waals surface area contributed by atoms with Crippen molar-refractivity contribution in [1.29, 1.82) is 0 Å². The third kappa shape index (κ3) is 3.22. The first-order chi connectivity index (χ1) is 9.27. The highest BCUT2D eigenvalue weighted by Gasteiger charge is 2.34. The van der Waals surface area contributed by atoms with Crippen LogP contribution in [-0.2, 0) is 15.7 Å². The van der Waals surface area contributed by atoms with E-state index >= 15 is 0 Å². The van der Waals surface area contributed by atoms with Crippen LogP contribution in [0.4, 0.5) is 24.5 Å². The molecular weight excluding hydrogens is 273 g/mol. The molecule has 1 aromatic rings. The maximum Gasteiger partial charge on any atom is 0.418 e. The Morgan fingerprint density at radius 2 is 2.15 bits per heavy atom. The zero-order valence-corrected chi connectivity index (χ0v) is 10.8. The lowest BCUT2D eigenvalue weighted by molar-refractivity contribution is -0.137.